The summed E-state index contributed by atoms with van der Waals surface area (Å²) in [5, 5.41) is 18.8. The SMILES string of the molecule is COCCCn1c(=C(C#N)C#N)s/c(=C/c2cccc(Cl)c2)c1=O. The second-order valence-corrected chi connectivity index (χ2v) is 6.34. The van der Waals surface area contributed by atoms with E-state index in [1.807, 2.05) is 18.2 Å². The van der Waals surface area contributed by atoms with E-state index >= 15 is 0 Å². The van der Waals surface area contributed by atoms with Gasteiger partial charge in [-0.05, 0) is 30.2 Å². The minimum Gasteiger partial charge on any atom is -0.385 e. The number of thiazole rings is 1. The summed E-state index contributed by atoms with van der Waals surface area (Å²) in [6, 6.07) is 10.8. The summed E-state index contributed by atoms with van der Waals surface area (Å²) in [6.07, 6.45) is 2.32. The Morgan fingerprint density at radius 2 is 2.17 bits per heavy atom. The lowest BCUT2D eigenvalue weighted by molar-refractivity contribution is 0.190. The van der Waals surface area contributed by atoms with E-state index in [1.54, 1.807) is 31.4 Å². The van der Waals surface area contributed by atoms with Gasteiger partial charge in [0, 0.05) is 25.3 Å². The van der Waals surface area contributed by atoms with Crippen LogP contribution in [-0.2, 0) is 11.3 Å². The van der Waals surface area contributed by atoms with E-state index in [9.17, 15) is 4.79 Å². The summed E-state index contributed by atoms with van der Waals surface area (Å²) in [4.78, 5) is 12.6. The first-order chi connectivity index (χ1) is 11.6. The Morgan fingerprint density at radius 3 is 2.79 bits per heavy atom. The van der Waals surface area contributed by atoms with E-state index in [2.05, 4.69) is 0 Å². The molecule has 0 saturated heterocycles. The fraction of sp³-hybridized carbons (Fsp3) is 0.235. The van der Waals surface area contributed by atoms with Crippen LogP contribution in [0.3, 0.4) is 0 Å². The zero-order chi connectivity index (χ0) is 17.5. The average Bonchev–Trinajstić information content (AvgIpc) is 2.86. The molecule has 1 heterocycles. The molecule has 0 atom stereocenters. The highest BCUT2D eigenvalue weighted by atomic mass is 35.5. The van der Waals surface area contributed by atoms with Crippen LogP contribution < -0.4 is 14.8 Å². The number of hydrogen-bond donors (Lipinski definition) is 0. The van der Waals surface area contributed by atoms with Crippen LogP contribution in [0.2, 0.25) is 5.02 Å². The topological polar surface area (TPSA) is 78.8 Å². The maximum Gasteiger partial charge on any atom is 0.269 e. The largest absolute Gasteiger partial charge is 0.385 e. The predicted octanol–water partition coefficient (Wildman–Crippen LogP) is 1.63. The van der Waals surface area contributed by atoms with Gasteiger partial charge in [-0.1, -0.05) is 23.7 Å². The van der Waals surface area contributed by atoms with E-state index in [4.69, 9.17) is 26.9 Å². The molecule has 0 saturated carbocycles. The Hall–Kier alpha value is -2.38. The van der Waals surface area contributed by atoms with Gasteiger partial charge in [-0.2, -0.15) is 10.5 Å². The van der Waals surface area contributed by atoms with Crippen molar-refractivity contribution in [3.05, 3.63) is 54.4 Å². The number of ether oxygens (including phenoxy) is 1. The van der Waals surface area contributed by atoms with Crippen LogP contribution in [0.5, 0.6) is 0 Å². The van der Waals surface area contributed by atoms with Gasteiger partial charge in [0.1, 0.15) is 16.8 Å². The van der Waals surface area contributed by atoms with Crippen molar-refractivity contribution in [3.63, 3.8) is 0 Å². The molecule has 0 radical (unpaired) electrons. The molecule has 0 bridgehead atoms. The van der Waals surface area contributed by atoms with Crippen LogP contribution >= 0.6 is 22.9 Å². The Labute approximate surface area is 147 Å². The lowest BCUT2D eigenvalue weighted by Crippen LogP contribution is -2.32. The van der Waals surface area contributed by atoms with Gasteiger partial charge in [0.15, 0.2) is 5.57 Å². The zero-order valence-corrected chi connectivity index (χ0v) is 14.5. The second kappa shape index (κ2) is 8.47. The number of nitrogens with zero attached hydrogens (tertiary/aromatic N) is 3. The summed E-state index contributed by atoms with van der Waals surface area (Å²) in [5.74, 6) is 0. The molecule has 0 unspecified atom stereocenters. The van der Waals surface area contributed by atoms with Gasteiger partial charge in [0.25, 0.3) is 5.56 Å². The van der Waals surface area contributed by atoms with E-state index < -0.39 is 0 Å². The van der Waals surface area contributed by atoms with Crippen molar-refractivity contribution in [3.8, 4) is 12.1 Å². The lowest BCUT2D eigenvalue weighted by atomic mass is 10.2. The monoisotopic (exact) mass is 359 g/mol. The first-order valence-electron chi connectivity index (χ1n) is 7.11. The molecule has 0 aliphatic carbocycles. The molecule has 0 spiro atoms. The third-order valence-electron chi connectivity index (χ3n) is 3.22. The summed E-state index contributed by atoms with van der Waals surface area (Å²) in [6.45, 7) is 0.873. The normalized spacial score (nSPS) is 11.1. The van der Waals surface area contributed by atoms with E-state index in [1.165, 1.54) is 4.57 Å². The molecule has 1 aromatic carbocycles. The number of aromatic nitrogens is 1. The Morgan fingerprint density at radius 1 is 1.42 bits per heavy atom. The standard InChI is InChI=1S/C17H14ClN3O2S/c1-23-7-3-6-21-16(22)15(24-17(21)13(10-19)11-20)9-12-4-2-5-14(18)8-12/h2,4-5,8-9H,3,6-7H2,1H3/b15-9+. The van der Waals surface area contributed by atoms with Crippen LogP contribution in [0.25, 0.3) is 11.6 Å². The van der Waals surface area contributed by atoms with Gasteiger partial charge in [0.2, 0.25) is 0 Å². The minimum absolute atomic E-state index is 0.0692. The molecule has 7 heteroatoms. The third-order valence-corrected chi connectivity index (χ3v) is 4.59. The van der Waals surface area contributed by atoms with Crippen molar-refractivity contribution >= 4 is 34.6 Å². The van der Waals surface area contributed by atoms with Gasteiger partial charge in [-0.25, -0.2) is 0 Å². The average molecular weight is 360 g/mol. The van der Waals surface area contributed by atoms with Crippen molar-refractivity contribution in [2.24, 2.45) is 0 Å². The fourth-order valence-corrected chi connectivity index (χ4v) is 3.42. The fourth-order valence-electron chi connectivity index (χ4n) is 2.14. The van der Waals surface area contributed by atoms with Gasteiger partial charge in [0.05, 0.1) is 4.53 Å². The van der Waals surface area contributed by atoms with Crippen LogP contribution in [0.4, 0.5) is 0 Å². The quantitative estimate of drug-likeness (QED) is 0.760. The van der Waals surface area contributed by atoms with Gasteiger partial charge >= 0.3 is 0 Å². The highest BCUT2D eigenvalue weighted by molar-refractivity contribution is 7.07. The third kappa shape index (κ3) is 4.12. The Balaban J connectivity index is 2.66. The van der Waals surface area contributed by atoms with Gasteiger partial charge < -0.3 is 4.74 Å². The lowest BCUT2D eigenvalue weighted by Gasteiger charge is -2.01. The number of hydrogen-bond acceptors (Lipinski definition) is 5. The van der Waals surface area contributed by atoms with Crippen molar-refractivity contribution < 1.29 is 4.74 Å². The molecule has 5 nitrogen and oxygen atoms in total. The van der Waals surface area contributed by atoms with Gasteiger partial charge in [-0.3, -0.25) is 9.36 Å². The number of nitriles is 2. The molecule has 0 N–H and O–H groups in total. The Kier molecular flexibility index (Phi) is 6.34. The van der Waals surface area contributed by atoms with E-state index in [0.29, 0.717) is 33.8 Å². The number of benzene rings is 1. The first kappa shape index (κ1) is 18.0. The minimum atomic E-state index is -0.228. The summed E-state index contributed by atoms with van der Waals surface area (Å²) in [7, 11) is 1.58. The van der Waals surface area contributed by atoms with E-state index in [-0.39, 0.29) is 11.1 Å². The molecule has 2 rings (SSSR count). The van der Waals surface area contributed by atoms with Crippen molar-refractivity contribution in [2.45, 2.75) is 13.0 Å². The van der Waals surface area contributed by atoms with Crippen molar-refractivity contribution in [1.82, 2.24) is 4.57 Å². The molecule has 0 aliphatic rings. The van der Waals surface area contributed by atoms with Crippen molar-refractivity contribution in [2.75, 3.05) is 13.7 Å². The van der Waals surface area contributed by atoms with Crippen LogP contribution in [-0.4, -0.2) is 18.3 Å². The smallest absolute Gasteiger partial charge is 0.269 e. The highest BCUT2D eigenvalue weighted by Gasteiger charge is 2.09. The molecule has 1 aromatic heterocycles. The first-order valence-corrected chi connectivity index (χ1v) is 8.30. The zero-order valence-electron chi connectivity index (χ0n) is 13.0. The molecular formula is C17H14ClN3O2S. The molecular weight excluding hydrogens is 346 g/mol. The molecule has 122 valence electrons. The molecule has 2 aromatic rings. The predicted molar refractivity (Wildman–Crippen MR) is 94.0 cm³/mol. The van der Waals surface area contributed by atoms with Crippen LogP contribution in [0, 0.1) is 22.7 Å². The van der Waals surface area contributed by atoms with Crippen LogP contribution in [0.1, 0.15) is 12.0 Å². The number of rotatable bonds is 5. The van der Waals surface area contributed by atoms with E-state index in [0.717, 1.165) is 16.9 Å². The molecule has 24 heavy (non-hydrogen) atoms. The summed E-state index contributed by atoms with van der Waals surface area (Å²) >= 11 is 7.09. The highest BCUT2D eigenvalue weighted by Crippen LogP contribution is 2.10. The van der Waals surface area contributed by atoms with Crippen LogP contribution in [0.15, 0.2) is 29.1 Å². The van der Waals surface area contributed by atoms with Crippen molar-refractivity contribution in [1.29, 1.82) is 10.5 Å². The summed E-state index contributed by atoms with van der Waals surface area (Å²) in [5.41, 5.74) is 0.487. The maximum absolute atomic E-state index is 12.6. The molecule has 0 amide bonds. The molecule has 0 aliphatic heterocycles. The number of methoxy groups -OCH3 is 1. The summed E-state index contributed by atoms with van der Waals surface area (Å²) < 4.78 is 7.28. The molecule has 0 fully saturated rings. The Bertz CT molecular complexity index is 977. The maximum atomic E-state index is 12.6. The second-order valence-electron chi connectivity index (χ2n) is 4.87. The van der Waals surface area contributed by atoms with Gasteiger partial charge in [-0.15, -0.1) is 11.3 Å². The number of halogens is 1.